The van der Waals surface area contributed by atoms with E-state index in [0.29, 0.717) is 0 Å². The molecule has 4 rings (SSSR count). The van der Waals surface area contributed by atoms with Crippen molar-refractivity contribution in [2.45, 2.75) is 19.4 Å². The summed E-state index contributed by atoms with van der Waals surface area (Å²) in [6.07, 6.45) is 8.18. The number of rotatable bonds is 4. The van der Waals surface area contributed by atoms with Crippen molar-refractivity contribution in [2.24, 2.45) is 13.0 Å². The number of nitrogens with zero attached hydrogens (tertiary/aromatic N) is 4. The van der Waals surface area contributed by atoms with Crippen molar-refractivity contribution in [3.63, 3.8) is 0 Å². The van der Waals surface area contributed by atoms with Gasteiger partial charge in [-0.05, 0) is 43.0 Å². The highest BCUT2D eigenvalue weighted by atomic mass is 15.2. The molecule has 0 aliphatic carbocycles. The Morgan fingerprint density at radius 2 is 2.09 bits per heavy atom. The topological polar surface area (TPSA) is 34.0 Å². The number of aromatic nitrogens is 3. The van der Waals surface area contributed by atoms with E-state index in [9.17, 15) is 0 Å². The Morgan fingerprint density at radius 1 is 1.13 bits per heavy atom. The van der Waals surface area contributed by atoms with Gasteiger partial charge in [0.05, 0.1) is 12.1 Å². The van der Waals surface area contributed by atoms with Gasteiger partial charge in [0.1, 0.15) is 5.82 Å². The molecule has 23 heavy (non-hydrogen) atoms. The molecule has 0 spiro atoms. The molecule has 3 heterocycles. The molecule has 1 fully saturated rings. The molecule has 0 radical (unpaired) electrons. The first-order valence-electron chi connectivity index (χ1n) is 8.31. The molecule has 1 saturated heterocycles. The first-order chi connectivity index (χ1) is 11.3. The quantitative estimate of drug-likeness (QED) is 0.743. The number of aryl methyl sites for hydroxylation is 1. The number of pyridine rings is 1. The van der Waals surface area contributed by atoms with Crippen LogP contribution in [-0.2, 0) is 20.0 Å². The molecule has 0 saturated carbocycles. The van der Waals surface area contributed by atoms with Crippen LogP contribution in [0.1, 0.15) is 17.8 Å². The van der Waals surface area contributed by atoms with Crippen LogP contribution in [0, 0.1) is 5.92 Å². The monoisotopic (exact) mass is 306 g/mol. The molecule has 4 heteroatoms. The van der Waals surface area contributed by atoms with Crippen molar-refractivity contribution in [1.82, 2.24) is 19.4 Å². The SMILES string of the molecule is Cn1ccnc1CN1CCC(Cc2cccc3ncccc23)C1. The summed E-state index contributed by atoms with van der Waals surface area (Å²) >= 11 is 0. The summed E-state index contributed by atoms with van der Waals surface area (Å²) in [4.78, 5) is 11.4. The lowest BCUT2D eigenvalue weighted by atomic mass is 9.96. The van der Waals surface area contributed by atoms with E-state index in [-0.39, 0.29) is 0 Å². The third-order valence-corrected chi connectivity index (χ3v) is 4.90. The molecule has 1 aliphatic rings. The molecule has 118 valence electrons. The average Bonchev–Trinajstić information content (AvgIpc) is 3.18. The van der Waals surface area contributed by atoms with Crippen molar-refractivity contribution in [1.29, 1.82) is 0 Å². The Kier molecular flexibility index (Phi) is 3.83. The van der Waals surface area contributed by atoms with Gasteiger partial charge in [-0.3, -0.25) is 9.88 Å². The van der Waals surface area contributed by atoms with Gasteiger partial charge in [-0.15, -0.1) is 0 Å². The minimum atomic E-state index is 0.723. The number of fused-ring (bicyclic) bond motifs is 1. The Morgan fingerprint density at radius 3 is 2.96 bits per heavy atom. The third-order valence-electron chi connectivity index (χ3n) is 4.90. The van der Waals surface area contributed by atoms with Gasteiger partial charge in [-0.25, -0.2) is 4.98 Å². The first kappa shape index (κ1) is 14.4. The van der Waals surface area contributed by atoms with Crippen LogP contribution in [0.25, 0.3) is 10.9 Å². The van der Waals surface area contributed by atoms with E-state index < -0.39 is 0 Å². The van der Waals surface area contributed by atoms with Crippen LogP contribution in [0.15, 0.2) is 48.9 Å². The summed E-state index contributed by atoms with van der Waals surface area (Å²) in [6.45, 7) is 3.28. The molecule has 4 nitrogen and oxygen atoms in total. The lowest BCUT2D eigenvalue weighted by Gasteiger charge is -2.16. The van der Waals surface area contributed by atoms with Crippen LogP contribution < -0.4 is 0 Å². The minimum Gasteiger partial charge on any atom is -0.337 e. The van der Waals surface area contributed by atoms with Crippen molar-refractivity contribution in [3.05, 3.63) is 60.3 Å². The zero-order chi connectivity index (χ0) is 15.6. The lowest BCUT2D eigenvalue weighted by molar-refractivity contribution is 0.305. The van der Waals surface area contributed by atoms with Crippen molar-refractivity contribution < 1.29 is 0 Å². The summed E-state index contributed by atoms with van der Waals surface area (Å²) in [5.74, 6) is 1.88. The lowest BCUT2D eigenvalue weighted by Crippen LogP contribution is -2.22. The van der Waals surface area contributed by atoms with Crippen LogP contribution in [0.4, 0.5) is 0 Å². The largest absolute Gasteiger partial charge is 0.337 e. The molecular formula is C19H22N4. The maximum Gasteiger partial charge on any atom is 0.122 e. The fourth-order valence-electron chi connectivity index (χ4n) is 3.63. The van der Waals surface area contributed by atoms with Crippen LogP contribution in [0.2, 0.25) is 0 Å². The van der Waals surface area contributed by atoms with Gasteiger partial charge in [0.2, 0.25) is 0 Å². The molecule has 1 atom stereocenters. The Bertz CT molecular complexity index is 802. The van der Waals surface area contributed by atoms with E-state index in [2.05, 4.69) is 50.7 Å². The zero-order valence-corrected chi connectivity index (χ0v) is 13.5. The molecule has 1 aromatic carbocycles. The Labute approximate surface area is 136 Å². The van der Waals surface area contributed by atoms with Gasteiger partial charge >= 0.3 is 0 Å². The smallest absolute Gasteiger partial charge is 0.122 e. The minimum absolute atomic E-state index is 0.723. The fourth-order valence-corrected chi connectivity index (χ4v) is 3.63. The summed E-state index contributed by atoms with van der Waals surface area (Å²) < 4.78 is 2.11. The number of hydrogen-bond acceptors (Lipinski definition) is 3. The van der Waals surface area contributed by atoms with Crippen molar-refractivity contribution >= 4 is 10.9 Å². The van der Waals surface area contributed by atoms with Crippen LogP contribution in [0.5, 0.6) is 0 Å². The number of hydrogen-bond donors (Lipinski definition) is 0. The second-order valence-electron chi connectivity index (χ2n) is 6.54. The molecule has 1 aliphatic heterocycles. The molecule has 2 aromatic heterocycles. The van der Waals surface area contributed by atoms with Gasteiger partial charge in [0, 0.05) is 37.6 Å². The molecular weight excluding hydrogens is 284 g/mol. The van der Waals surface area contributed by atoms with Gasteiger partial charge in [0.25, 0.3) is 0 Å². The van der Waals surface area contributed by atoms with Crippen LogP contribution in [0.3, 0.4) is 0 Å². The molecule has 1 unspecified atom stereocenters. The maximum atomic E-state index is 4.47. The average molecular weight is 306 g/mol. The fraction of sp³-hybridized carbons (Fsp3) is 0.368. The molecule has 0 N–H and O–H groups in total. The Balaban J connectivity index is 1.45. The standard InChI is InChI=1S/C19H22N4/c1-22-11-9-21-19(22)14-23-10-7-15(13-23)12-16-4-2-6-18-17(16)5-3-8-20-18/h2-6,8-9,11,15H,7,10,12-14H2,1H3. The second-order valence-corrected chi connectivity index (χ2v) is 6.54. The summed E-state index contributed by atoms with van der Waals surface area (Å²) in [5.41, 5.74) is 2.53. The highest BCUT2D eigenvalue weighted by Crippen LogP contribution is 2.25. The summed E-state index contributed by atoms with van der Waals surface area (Å²) in [6, 6.07) is 10.7. The number of imidazole rings is 1. The van der Waals surface area contributed by atoms with Crippen molar-refractivity contribution in [3.8, 4) is 0 Å². The van der Waals surface area contributed by atoms with E-state index in [1.54, 1.807) is 0 Å². The van der Waals surface area contributed by atoms with E-state index in [1.165, 1.54) is 23.9 Å². The predicted octanol–water partition coefficient (Wildman–Crippen LogP) is 3.03. The Hall–Kier alpha value is -2.20. The maximum absolute atomic E-state index is 4.47. The van der Waals surface area contributed by atoms with Crippen LogP contribution in [-0.4, -0.2) is 32.5 Å². The van der Waals surface area contributed by atoms with E-state index in [0.717, 1.165) is 36.8 Å². The number of benzene rings is 1. The summed E-state index contributed by atoms with van der Waals surface area (Å²) in [7, 11) is 2.07. The molecule has 0 bridgehead atoms. The molecule has 0 amide bonds. The van der Waals surface area contributed by atoms with Crippen LogP contribution >= 0.6 is 0 Å². The summed E-state index contributed by atoms with van der Waals surface area (Å²) in [5, 5.41) is 1.30. The highest BCUT2D eigenvalue weighted by molar-refractivity contribution is 5.81. The first-order valence-corrected chi connectivity index (χ1v) is 8.31. The van der Waals surface area contributed by atoms with E-state index >= 15 is 0 Å². The highest BCUT2D eigenvalue weighted by Gasteiger charge is 2.24. The second kappa shape index (κ2) is 6.13. The van der Waals surface area contributed by atoms with Gasteiger partial charge in [-0.1, -0.05) is 18.2 Å². The van der Waals surface area contributed by atoms with E-state index in [4.69, 9.17) is 0 Å². The third kappa shape index (κ3) is 2.99. The normalized spacial score (nSPS) is 18.7. The zero-order valence-electron chi connectivity index (χ0n) is 13.5. The van der Waals surface area contributed by atoms with Gasteiger partial charge in [-0.2, -0.15) is 0 Å². The predicted molar refractivity (Wildman–Crippen MR) is 92.0 cm³/mol. The van der Waals surface area contributed by atoms with Crippen molar-refractivity contribution in [2.75, 3.05) is 13.1 Å². The van der Waals surface area contributed by atoms with Gasteiger partial charge in [0.15, 0.2) is 0 Å². The number of likely N-dealkylation sites (tertiary alicyclic amines) is 1. The van der Waals surface area contributed by atoms with Gasteiger partial charge < -0.3 is 4.57 Å². The molecule has 3 aromatic rings. The van der Waals surface area contributed by atoms with E-state index in [1.807, 2.05) is 24.7 Å².